The summed E-state index contributed by atoms with van der Waals surface area (Å²) >= 11 is 3.50. The maximum atomic E-state index is 12.2. The van der Waals surface area contributed by atoms with Crippen LogP contribution in [0.25, 0.3) is 6.08 Å². The second-order valence-electron chi connectivity index (χ2n) is 5.51. The summed E-state index contributed by atoms with van der Waals surface area (Å²) in [6.45, 7) is 3.81. The van der Waals surface area contributed by atoms with Crippen molar-refractivity contribution in [3.8, 4) is 11.5 Å². The number of nitrogens with one attached hydrogen (secondary N) is 1. The fourth-order valence-electron chi connectivity index (χ4n) is 2.43. The van der Waals surface area contributed by atoms with E-state index in [1.807, 2.05) is 62.4 Å². The molecule has 132 valence electrons. The van der Waals surface area contributed by atoms with E-state index in [0.717, 1.165) is 15.6 Å². The van der Waals surface area contributed by atoms with E-state index in [1.54, 1.807) is 13.2 Å². The molecule has 0 aliphatic carbocycles. The van der Waals surface area contributed by atoms with Gasteiger partial charge >= 0.3 is 0 Å². The number of rotatable bonds is 7. The molecule has 0 radical (unpaired) electrons. The topological polar surface area (TPSA) is 47.6 Å². The van der Waals surface area contributed by atoms with Crippen molar-refractivity contribution in [2.24, 2.45) is 0 Å². The highest BCUT2D eigenvalue weighted by molar-refractivity contribution is 9.10. The highest BCUT2D eigenvalue weighted by atomic mass is 79.9. The molecule has 0 saturated carbocycles. The number of benzene rings is 2. The molecule has 0 aliphatic rings. The summed E-state index contributed by atoms with van der Waals surface area (Å²) in [5, 5.41) is 2.93. The van der Waals surface area contributed by atoms with Crippen LogP contribution in [-0.4, -0.2) is 19.6 Å². The van der Waals surface area contributed by atoms with Crippen LogP contribution in [0.1, 0.15) is 31.0 Å². The molecule has 0 bridgehead atoms. The predicted molar refractivity (Wildman–Crippen MR) is 104 cm³/mol. The maximum absolute atomic E-state index is 12.2. The van der Waals surface area contributed by atoms with E-state index in [4.69, 9.17) is 9.47 Å². The van der Waals surface area contributed by atoms with E-state index in [1.165, 1.54) is 0 Å². The van der Waals surface area contributed by atoms with E-state index >= 15 is 0 Å². The standard InChI is InChI=1S/C20H22BrNO3/c1-4-7-15-10-11-18(19(12-15)24-3)25-13-20(23)22-14(2)16-8-5-6-9-17(16)21/h4-12,14H,13H2,1-3H3,(H,22,23)/b7-4+. The van der Waals surface area contributed by atoms with Crippen LogP contribution in [0.15, 0.2) is 53.0 Å². The fraction of sp³-hybridized carbons (Fsp3) is 0.250. The molecule has 2 rings (SSSR count). The van der Waals surface area contributed by atoms with Crippen LogP contribution in [0, 0.1) is 0 Å². The zero-order valence-corrected chi connectivity index (χ0v) is 16.2. The van der Waals surface area contributed by atoms with Gasteiger partial charge in [-0.05, 0) is 43.2 Å². The number of ether oxygens (including phenoxy) is 2. The molecular weight excluding hydrogens is 382 g/mol. The molecule has 1 amide bonds. The third-order valence-corrected chi connectivity index (χ3v) is 4.38. The van der Waals surface area contributed by atoms with E-state index in [0.29, 0.717) is 11.5 Å². The minimum atomic E-state index is -0.192. The van der Waals surface area contributed by atoms with Crippen molar-refractivity contribution in [2.45, 2.75) is 19.9 Å². The van der Waals surface area contributed by atoms with Crippen molar-refractivity contribution < 1.29 is 14.3 Å². The second kappa shape index (κ2) is 9.28. The largest absolute Gasteiger partial charge is 0.493 e. The molecule has 1 atom stereocenters. The van der Waals surface area contributed by atoms with Gasteiger partial charge in [-0.15, -0.1) is 0 Å². The van der Waals surface area contributed by atoms with Crippen LogP contribution in [0.3, 0.4) is 0 Å². The van der Waals surface area contributed by atoms with Crippen molar-refractivity contribution in [3.05, 3.63) is 64.1 Å². The third-order valence-electron chi connectivity index (χ3n) is 3.65. The Kier molecular flexibility index (Phi) is 7.07. The molecule has 0 spiro atoms. The smallest absolute Gasteiger partial charge is 0.258 e. The number of halogens is 1. The quantitative estimate of drug-likeness (QED) is 0.725. The van der Waals surface area contributed by atoms with Gasteiger partial charge in [0.25, 0.3) is 5.91 Å². The Hall–Kier alpha value is -2.27. The summed E-state index contributed by atoms with van der Waals surface area (Å²) in [7, 11) is 1.58. The fourth-order valence-corrected chi connectivity index (χ4v) is 3.06. The number of methoxy groups -OCH3 is 1. The van der Waals surface area contributed by atoms with Crippen molar-refractivity contribution in [1.82, 2.24) is 5.32 Å². The molecule has 1 N–H and O–H groups in total. The summed E-state index contributed by atoms with van der Waals surface area (Å²) < 4.78 is 11.9. The molecule has 0 aliphatic heterocycles. The predicted octanol–water partition coefficient (Wildman–Crippen LogP) is 4.75. The van der Waals surface area contributed by atoms with Crippen LogP contribution < -0.4 is 14.8 Å². The average Bonchev–Trinajstić information content (AvgIpc) is 2.61. The van der Waals surface area contributed by atoms with Crippen molar-refractivity contribution in [3.63, 3.8) is 0 Å². The Morgan fingerprint density at radius 1 is 1.24 bits per heavy atom. The number of carbonyl (C=O) groups is 1. The van der Waals surface area contributed by atoms with Gasteiger partial charge in [0, 0.05) is 4.47 Å². The van der Waals surface area contributed by atoms with Gasteiger partial charge in [0.1, 0.15) is 0 Å². The van der Waals surface area contributed by atoms with Crippen LogP contribution in [0.5, 0.6) is 11.5 Å². The van der Waals surface area contributed by atoms with E-state index in [9.17, 15) is 4.79 Å². The Bertz CT molecular complexity index is 758. The normalized spacial score (nSPS) is 12.0. The molecule has 2 aromatic carbocycles. The molecule has 25 heavy (non-hydrogen) atoms. The van der Waals surface area contributed by atoms with Crippen molar-refractivity contribution in [2.75, 3.05) is 13.7 Å². The minimum absolute atomic E-state index is 0.0753. The first-order valence-corrected chi connectivity index (χ1v) is 8.81. The molecule has 0 aromatic heterocycles. The Labute approximate surface area is 157 Å². The maximum Gasteiger partial charge on any atom is 0.258 e. The lowest BCUT2D eigenvalue weighted by Crippen LogP contribution is -2.31. The first kappa shape index (κ1) is 19.1. The monoisotopic (exact) mass is 403 g/mol. The van der Waals surface area contributed by atoms with Crippen molar-refractivity contribution in [1.29, 1.82) is 0 Å². The number of hydrogen-bond donors (Lipinski definition) is 1. The van der Waals surface area contributed by atoms with Crippen LogP contribution in [0.4, 0.5) is 0 Å². The van der Waals surface area contributed by atoms with E-state index in [-0.39, 0.29) is 18.6 Å². The molecule has 2 aromatic rings. The third kappa shape index (κ3) is 5.36. The minimum Gasteiger partial charge on any atom is -0.493 e. The lowest BCUT2D eigenvalue weighted by Gasteiger charge is -2.16. The summed E-state index contributed by atoms with van der Waals surface area (Å²) in [4.78, 5) is 12.2. The van der Waals surface area contributed by atoms with Crippen LogP contribution in [0.2, 0.25) is 0 Å². The summed E-state index contributed by atoms with van der Waals surface area (Å²) in [5.41, 5.74) is 2.03. The van der Waals surface area contributed by atoms with Crippen LogP contribution >= 0.6 is 15.9 Å². The summed E-state index contributed by atoms with van der Waals surface area (Å²) in [6.07, 6.45) is 3.92. The molecule has 0 heterocycles. The Balaban J connectivity index is 1.97. The van der Waals surface area contributed by atoms with Gasteiger partial charge in [-0.25, -0.2) is 0 Å². The lowest BCUT2D eigenvalue weighted by molar-refractivity contribution is -0.123. The Morgan fingerprint density at radius 3 is 2.68 bits per heavy atom. The van der Waals surface area contributed by atoms with Crippen molar-refractivity contribution >= 4 is 27.9 Å². The SMILES string of the molecule is C/C=C/c1ccc(OCC(=O)NC(C)c2ccccc2Br)c(OC)c1. The highest BCUT2D eigenvalue weighted by Crippen LogP contribution is 2.28. The zero-order chi connectivity index (χ0) is 18.2. The molecule has 4 nitrogen and oxygen atoms in total. The van der Waals surface area contributed by atoms with Gasteiger partial charge in [0.05, 0.1) is 13.2 Å². The van der Waals surface area contributed by atoms with E-state index < -0.39 is 0 Å². The lowest BCUT2D eigenvalue weighted by atomic mass is 10.1. The van der Waals surface area contributed by atoms with Gasteiger partial charge in [-0.2, -0.15) is 0 Å². The number of allylic oxidation sites excluding steroid dienone is 1. The first-order chi connectivity index (χ1) is 12.0. The summed E-state index contributed by atoms with van der Waals surface area (Å²) in [6, 6.07) is 13.3. The number of carbonyl (C=O) groups excluding carboxylic acids is 1. The van der Waals surface area contributed by atoms with Gasteiger partial charge in [0.15, 0.2) is 18.1 Å². The number of amides is 1. The molecule has 0 fully saturated rings. The van der Waals surface area contributed by atoms with Gasteiger partial charge in [-0.1, -0.05) is 52.3 Å². The second-order valence-corrected chi connectivity index (χ2v) is 6.36. The first-order valence-electron chi connectivity index (χ1n) is 8.02. The zero-order valence-electron chi connectivity index (χ0n) is 14.6. The number of hydrogen-bond acceptors (Lipinski definition) is 3. The molecule has 5 heteroatoms. The van der Waals surface area contributed by atoms with Gasteiger partial charge in [-0.3, -0.25) is 4.79 Å². The average molecular weight is 404 g/mol. The summed E-state index contributed by atoms with van der Waals surface area (Å²) in [5.74, 6) is 0.949. The molecule has 1 unspecified atom stereocenters. The van der Waals surface area contributed by atoms with Crippen LogP contribution in [-0.2, 0) is 4.79 Å². The highest BCUT2D eigenvalue weighted by Gasteiger charge is 2.13. The van der Waals surface area contributed by atoms with Gasteiger partial charge in [0.2, 0.25) is 0 Å². The van der Waals surface area contributed by atoms with E-state index in [2.05, 4.69) is 21.2 Å². The molecule has 0 saturated heterocycles. The van der Waals surface area contributed by atoms with Gasteiger partial charge < -0.3 is 14.8 Å². The molecular formula is C20H22BrNO3. The Morgan fingerprint density at radius 2 is 2.00 bits per heavy atom.